The number of anilines is 1. The molecule has 7 rings (SSSR count). The maximum Gasteiger partial charge on any atom is 0.410 e. The summed E-state index contributed by atoms with van der Waals surface area (Å²) in [5.41, 5.74) is 5.25. The maximum absolute atomic E-state index is 14.8. The van der Waals surface area contributed by atoms with E-state index in [4.69, 9.17) is 9.47 Å². The highest BCUT2D eigenvalue weighted by molar-refractivity contribution is 5.82. The highest BCUT2D eigenvalue weighted by Gasteiger charge is 2.44. The summed E-state index contributed by atoms with van der Waals surface area (Å²) in [5.74, 6) is 0.940. The molecule has 2 saturated heterocycles. The van der Waals surface area contributed by atoms with Gasteiger partial charge in [-0.2, -0.15) is 0 Å². The Kier molecular flexibility index (Phi) is 10.4. The third-order valence-corrected chi connectivity index (χ3v) is 10.8. The summed E-state index contributed by atoms with van der Waals surface area (Å²) in [4.78, 5) is 34.5. The molecule has 2 amide bonds. The quantitative estimate of drug-likeness (QED) is 0.236. The molecule has 1 unspecified atom stereocenters. The Bertz CT molecular complexity index is 1630. The molecule has 266 valence electrons. The predicted molar refractivity (Wildman–Crippen MR) is 199 cm³/mol. The molecule has 1 aliphatic carbocycles. The van der Waals surface area contributed by atoms with E-state index in [0.717, 1.165) is 48.4 Å². The van der Waals surface area contributed by atoms with E-state index in [9.17, 15) is 9.59 Å². The van der Waals surface area contributed by atoms with Crippen LogP contribution in [0.25, 0.3) is 11.1 Å². The summed E-state index contributed by atoms with van der Waals surface area (Å²) in [6.45, 7) is 12.1. The Morgan fingerprint density at radius 2 is 1.66 bits per heavy atom. The zero-order valence-corrected chi connectivity index (χ0v) is 30.1. The SMILES string of the molecule is CC(C)(C)OC(=O)N1CC[C@H](c2cccc(-c3ccc(OCCN4CCCCC4)cc3)c2)[C@@H](C(=O)N(CC2CNc3ccccc32)C2CC2)C1. The highest BCUT2D eigenvalue weighted by Crippen LogP contribution is 2.41. The van der Waals surface area contributed by atoms with Crippen LogP contribution in [-0.2, 0) is 9.53 Å². The number of para-hydroxylation sites is 1. The Morgan fingerprint density at radius 3 is 2.42 bits per heavy atom. The molecular weight excluding hydrogens is 624 g/mol. The Hall–Kier alpha value is -4.04. The smallest absolute Gasteiger partial charge is 0.410 e. The van der Waals surface area contributed by atoms with Gasteiger partial charge in [-0.25, -0.2) is 4.79 Å². The van der Waals surface area contributed by atoms with Crippen molar-refractivity contribution in [1.82, 2.24) is 14.7 Å². The first-order valence-corrected chi connectivity index (χ1v) is 18.9. The van der Waals surface area contributed by atoms with Crippen molar-refractivity contribution in [2.45, 2.75) is 82.8 Å². The molecule has 0 spiro atoms. The zero-order chi connectivity index (χ0) is 34.7. The van der Waals surface area contributed by atoms with Crippen molar-refractivity contribution in [1.29, 1.82) is 0 Å². The lowest BCUT2D eigenvalue weighted by Crippen LogP contribution is -2.51. The standard InChI is InChI=1S/C42H54N4O4/c1-42(2,3)50-41(48)45-23-20-36(38(29-45)40(47)46(34-16-17-34)28-33-27-43-39-13-6-5-12-37(33)39)32-11-9-10-31(26-32)30-14-18-35(19-15-30)49-25-24-44-21-7-4-8-22-44/h5-6,9-15,18-19,26,33-34,36,38,43H,4,7-8,16-17,20-25,27-29H2,1-3H3/t33?,36-,38+/m1/s1. The highest BCUT2D eigenvalue weighted by atomic mass is 16.6. The Labute approximate surface area is 298 Å². The molecule has 50 heavy (non-hydrogen) atoms. The van der Waals surface area contributed by atoms with E-state index in [1.807, 2.05) is 20.8 Å². The van der Waals surface area contributed by atoms with Crippen LogP contribution in [0.1, 0.15) is 82.3 Å². The van der Waals surface area contributed by atoms with Crippen molar-refractivity contribution in [3.8, 4) is 16.9 Å². The third kappa shape index (κ3) is 8.28. The number of nitrogens with zero attached hydrogens (tertiary/aromatic N) is 3. The van der Waals surface area contributed by atoms with Crippen molar-refractivity contribution in [3.05, 3.63) is 83.9 Å². The lowest BCUT2D eigenvalue weighted by atomic mass is 9.78. The predicted octanol–water partition coefficient (Wildman–Crippen LogP) is 7.76. The summed E-state index contributed by atoms with van der Waals surface area (Å²) in [6.07, 6.45) is 6.36. The second-order valence-corrected chi connectivity index (χ2v) is 15.7. The third-order valence-electron chi connectivity index (χ3n) is 10.8. The number of fused-ring (bicyclic) bond motifs is 1. The second-order valence-electron chi connectivity index (χ2n) is 15.7. The molecule has 1 N–H and O–H groups in total. The summed E-state index contributed by atoms with van der Waals surface area (Å²) >= 11 is 0. The number of benzene rings is 3. The number of hydrogen-bond donors (Lipinski definition) is 1. The number of hydrogen-bond acceptors (Lipinski definition) is 6. The van der Waals surface area contributed by atoms with Crippen LogP contribution in [0.2, 0.25) is 0 Å². The van der Waals surface area contributed by atoms with Gasteiger partial charge >= 0.3 is 6.09 Å². The van der Waals surface area contributed by atoms with Gasteiger partial charge in [0.15, 0.2) is 0 Å². The fourth-order valence-electron chi connectivity index (χ4n) is 8.04. The zero-order valence-electron chi connectivity index (χ0n) is 30.1. The van der Waals surface area contributed by atoms with Gasteiger partial charge in [0, 0.05) is 50.4 Å². The van der Waals surface area contributed by atoms with Gasteiger partial charge in [-0.05, 0) is 112 Å². The summed E-state index contributed by atoms with van der Waals surface area (Å²) in [7, 11) is 0. The van der Waals surface area contributed by atoms with Crippen molar-refractivity contribution in [2.75, 3.05) is 57.7 Å². The first-order valence-electron chi connectivity index (χ1n) is 18.9. The van der Waals surface area contributed by atoms with E-state index < -0.39 is 5.60 Å². The molecular formula is C42H54N4O4. The van der Waals surface area contributed by atoms with E-state index in [2.05, 4.69) is 87.9 Å². The summed E-state index contributed by atoms with van der Waals surface area (Å²) in [5, 5.41) is 3.54. The molecule has 0 aromatic heterocycles. The van der Waals surface area contributed by atoms with E-state index in [0.29, 0.717) is 32.7 Å². The average molecular weight is 679 g/mol. The van der Waals surface area contributed by atoms with E-state index in [1.165, 1.54) is 43.6 Å². The van der Waals surface area contributed by atoms with Gasteiger partial charge in [-0.3, -0.25) is 9.69 Å². The molecule has 0 radical (unpaired) electrons. The van der Waals surface area contributed by atoms with Crippen molar-refractivity contribution in [3.63, 3.8) is 0 Å². The van der Waals surface area contributed by atoms with Crippen molar-refractivity contribution in [2.24, 2.45) is 5.92 Å². The maximum atomic E-state index is 14.8. The summed E-state index contributed by atoms with van der Waals surface area (Å²) in [6, 6.07) is 25.8. The molecule has 4 aliphatic rings. The molecule has 3 fully saturated rings. The molecule has 3 aliphatic heterocycles. The number of piperidine rings is 2. The monoisotopic (exact) mass is 678 g/mol. The minimum Gasteiger partial charge on any atom is -0.492 e. The number of carbonyl (C=O) groups is 2. The molecule has 3 aromatic rings. The first-order chi connectivity index (χ1) is 24.2. The molecule has 1 saturated carbocycles. The number of nitrogens with one attached hydrogen (secondary N) is 1. The van der Waals surface area contributed by atoms with Crippen LogP contribution >= 0.6 is 0 Å². The van der Waals surface area contributed by atoms with Crippen molar-refractivity contribution >= 4 is 17.7 Å². The minimum absolute atomic E-state index is 0.00577. The number of amides is 2. The van der Waals surface area contributed by atoms with Crippen LogP contribution in [0.5, 0.6) is 5.75 Å². The van der Waals surface area contributed by atoms with Gasteiger partial charge in [0.05, 0.1) is 5.92 Å². The van der Waals surface area contributed by atoms with Gasteiger partial charge in [0.1, 0.15) is 18.0 Å². The van der Waals surface area contributed by atoms with Gasteiger partial charge in [-0.15, -0.1) is 0 Å². The largest absolute Gasteiger partial charge is 0.492 e. The average Bonchev–Trinajstić information content (AvgIpc) is 3.89. The number of likely N-dealkylation sites (tertiary alicyclic amines) is 2. The minimum atomic E-state index is -0.599. The number of ether oxygens (including phenoxy) is 2. The Morgan fingerprint density at radius 1 is 0.880 bits per heavy atom. The van der Waals surface area contributed by atoms with Crippen LogP contribution in [0.15, 0.2) is 72.8 Å². The fourth-order valence-corrected chi connectivity index (χ4v) is 8.04. The first kappa shape index (κ1) is 34.4. The van der Waals surface area contributed by atoms with E-state index in [1.54, 1.807) is 4.90 Å². The van der Waals surface area contributed by atoms with Gasteiger partial charge in [0.25, 0.3) is 0 Å². The van der Waals surface area contributed by atoms with Crippen LogP contribution in [0, 0.1) is 5.92 Å². The van der Waals surface area contributed by atoms with Crippen LogP contribution in [0.3, 0.4) is 0 Å². The summed E-state index contributed by atoms with van der Waals surface area (Å²) < 4.78 is 11.9. The topological polar surface area (TPSA) is 74.3 Å². The van der Waals surface area contributed by atoms with E-state index >= 15 is 0 Å². The van der Waals surface area contributed by atoms with Gasteiger partial charge < -0.3 is 24.6 Å². The molecule has 3 atom stereocenters. The van der Waals surface area contributed by atoms with Gasteiger partial charge in [-0.1, -0.05) is 61.0 Å². The Balaban J connectivity index is 1.09. The van der Waals surface area contributed by atoms with Crippen LogP contribution in [-0.4, -0.2) is 90.8 Å². The number of carbonyl (C=O) groups excluding carboxylic acids is 2. The van der Waals surface area contributed by atoms with E-state index in [-0.39, 0.29) is 35.8 Å². The molecule has 3 aromatic carbocycles. The van der Waals surface area contributed by atoms with Gasteiger partial charge in [0.2, 0.25) is 5.91 Å². The lowest BCUT2D eigenvalue weighted by molar-refractivity contribution is -0.138. The van der Waals surface area contributed by atoms with Crippen LogP contribution in [0.4, 0.5) is 10.5 Å². The van der Waals surface area contributed by atoms with Crippen molar-refractivity contribution < 1.29 is 19.1 Å². The lowest BCUT2D eigenvalue weighted by Gasteiger charge is -2.41. The number of rotatable bonds is 10. The molecule has 8 heteroatoms. The molecule has 3 heterocycles. The molecule has 8 nitrogen and oxygen atoms in total. The van der Waals surface area contributed by atoms with Crippen LogP contribution < -0.4 is 10.1 Å². The molecule has 0 bridgehead atoms. The second kappa shape index (κ2) is 15.1. The normalized spacial score (nSPS) is 22.4. The fraction of sp³-hybridized carbons (Fsp3) is 0.524.